The van der Waals surface area contributed by atoms with Gasteiger partial charge in [0.1, 0.15) is 0 Å². The Morgan fingerprint density at radius 1 is 0.525 bits per heavy atom. The van der Waals surface area contributed by atoms with Crippen LogP contribution in [0.2, 0.25) is 19.6 Å². The van der Waals surface area contributed by atoms with Gasteiger partial charge in [-0.25, -0.2) is 4.99 Å². The third-order valence-corrected chi connectivity index (χ3v) is 15.5. The van der Waals surface area contributed by atoms with Gasteiger partial charge in [-0.3, -0.25) is 4.99 Å². The molecular weight excluding hydrogens is 775 g/mol. The standard InChI is InChI=1S/C55H94N2Si.Ni/c1-8-10-12-14-16-18-20-21-22-23-24-25-26-27-28-30-32-34-36-38-43-55(49(3)56-54-42-39-41-52(48-54)50(4)58(5,6)7)57-53-46-44-51(45-47-53)40-37-35-33-31-29-19-17-15-13-11-9-2;/h38-39,41-48,50H,8-37,40H2,1-7H3;/b43-38+,56-49+,57-55+;. The summed E-state index contributed by atoms with van der Waals surface area (Å²) in [6.45, 7) is 16.5. The average Bonchev–Trinajstić information content (AvgIpc) is 3.21. The van der Waals surface area contributed by atoms with Crippen LogP contribution in [0.3, 0.4) is 0 Å². The number of aryl methyl sites for hydroxylation is 1. The number of unbranched alkanes of at least 4 members (excludes halogenated alkanes) is 28. The topological polar surface area (TPSA) is 24.7 Å². The van der Waals surface area contributed by atoms with Gasteiger partial charge in [0.2, 0.25) is 0 Å². The van der Waals surface area contributed by atoms with Gasteiger partial charge in [0.15, 0.2) is 0 Å². The predicted octanol–water partition coefficient (Wildman–Crippen LogP) is 19.4. The minimum atomic E-state index is -1.30. The van der Waals surface area contributed by atoms with Crippen molar-refractivity contribution in [1.82, 2.24) is 0 Å². The van der Waals surface area contributed by atoms with Crippen molar-refractivity contribution in [2.45, 2.75) is 252 Å². The molecule has 0 radical (unpaired) electrons. The van der Waals surface area contributed by atoms with Crippen molar-refractivity contribution in [3.8, 4) is 0 Å². The molecule has 2 aromatic carbocycles. The van der Waals surface area contributed by atoms with Gasteiger partial charge in [0, 0.05) is 16.5 Å². The van der Waals surface area contributed by atoms with Crippen LogP contribution in [0.15, 0.2) is 70.7 Å². The number of rotatable bonds is 37. The number of benzene rings is 2. The number of allylic oxidation sites excluding steroid dienone is 2. The molecule has 338 valence electrons. The normalized spacial score (nSPS) is 13.0. The second kappa shape index (κ2) is 36.8. The first-order valence-corrected chi connectivity index (χ1v) is 28.8. The third-order valence-electron chi connectivity index (χ3n) is 12.6. The zero-order chi connectivity index (χ0) is 41.9. The molecule has 0 N–H and O–H groups in total. The summed E-state index contributed by atoms with van der Waals surface area (Å²) in [6.07, 6.45) is 47.7. The molecule has 2 rings (SSSR count). The fourth-order valence-electron chi connectivity index (χ4n) is 8.08. The van der Waals surface area contributed by atoms with E-state index in [0.29, 0.717) is 5.54 Å². The Morgan fingerprint density at radius 2 is 0.949 bits per heavy atom. The van der Waals surface area contributed by atoms with Gasteiger partial charge in [-0.2, -0.15) is 0 Å². The van der Waals surface area contributed by atoms with Crippen molar-refractivity contribution in [2.75, 3.05) is 0 Å². The molecule has 0 saturated carbocycles. The van der Waals surface area contributed by atoms with Crippen molar-refractivity contribution in [3.05, 3.63) is 71.8 Å². The second-order valence-corrected chi connectivity index (χ2v) is 24.6. The van der Waals surface area contributed by atoms with E-state index in [0.717, 1.165) is 29.2 Å². The van der Waals surface area contributed by atoms with Crippen molar-refractivity contribution in [2.24, 2.45) is 9.98 Å². The molecule has 0 aliphatic carbocycles. The Labute approximate surface area is 379 Å². The molecule has 1 atom stereocenters. The van der Waals surface area contributed by atoms with Crippen LogP contribution >= 0.6 is 0 Å². The zero-order valence-electron chi connectivity index (χ0n) is 40.0. The van der Waals surface area contributed by atoms with Gasteiger partial charge < -0.3 is 0 Å². The Hall–Kier alpha value is -1.77. The van der Waals surface area contributed by atoms with Gasteiger partial charge in [-0.15, -0.1) is 0 Å². The van der Waals surface area contributed by atoms with E-state index in [2.05, 4.69) is 108 Å². The van der Waals surface area contributed by atoms with Gasteiger partial charge >= 0.3 is 0 Å². The number of aliphatic imine (C=N–C) groups is 2. The van der Waals surface area contributed by atoms with E-state index in [1.165, 1.54) is 204 Å². The molecule has 59 heavy (non-hydrogen) atoms. The first kappa shape index (κ1) is 55.2. The molecule has 2 aromatic rings. The Bertz CT molecular complexity index is 1350. The summed E-state index contributed by atoms with van der Waals surface area (Å²) < 4.78 is 0. The van der Waals surface area contributed by atoms with Gasteiger partial charge in [-0.1, -0.05) is 244 Å². The summed E-state index contributed by atoms with van der Waals surface area (Å²) in [7, 11) is -1.30. The smallest absolute Gasteiger partial charge is 0.0845 e. The summed E-state index contributed by atoms with van der Waals surface area (Å²) in [5, 5.41) is 0. The fourth-order valence-corrected chi connectivity index (χ4v) is 9.26. The molecular formula is C55H94N2NiSi. The van der Waals surface area contributed by atoms with Crippen LogP contribution in [-0.2, 0) is 22.9 Å². The van der Waals surface area contributed by atoms with Crippen LogP contribution in [-0.4, -0.2) is 19.5 Å². The Kier molecular flexibility index (Phi) is 34.5. The first-order chi connectivity index (χ1) is 28.2. The zero-order valence-corrected chi connectivity index (χ0v) is 42.0. The van der Waals surface area contributed by atoms with Crippen molar-refractivity contribution < 1.29 is 16.5 Å². The molecule has 0 spiro atoms. The van der Waals surface area contributed by atoms with E-state index in [1.54, 1.807) is 0 Å². The Balaban J connectivity index is 0.0000174. The third kappa shape index (κ3) is 29.2. The van der Waals surface area contributed by atoms with Crippen molar-refractivity contribution in [1.29, 1.82) is 0 Å². The molecule has 4 heteroatoms. The second-order valence-electron chi connectivity index (χ2n) is 19.0. The number of hydrogen-bond acceptors (Lipinski definition) is 2. The predicted molar refractivity (Wildman–Crippen MR) is 267 cm³/mol. The molecule has 0 aromatic heterocycles. The van der Waals surface area contributed by atoms with E-state index < -0.39 is 8.07 Å². The molecule has 0 fully saturated rings. The van der Waals surface area contributed by atoms with E-state index in [4.69, 9.17) is 9.98 Å². The molecule has 0 bridgehead atoms. The van der Waals surface area contributed by atoms with Crippen LogP contribution in [0.1, 0.15) is 237 Å². The average molecular weight is 870 g/mol. The van der Waals surface area contributed by atoms with Crippen LogP contribution in [0.4, 0.5) is 11.4 Å². The van der Waals surface area contributed by atoms with E-state index in [-0.39, 0.29) is 16.5 Å². The molecule has 0 aliphatic heterocycles. The van der Waals surface area contributed by atoms with Crippen LogP contribution in [0, 0.1) is 0 Å². The van der Waals surface area contributed by atoms with E-state index >= 15 is 0 Å². The minimum Gasteiger partial charge on any atom is -0.252 e. The van der Waals surface area contributed by atoms with E-state index in [9.17, 15) is 0 Å². The molecule has 1 unspecified atom stereocenters. The fraction of sp³-hybridized carbons (Fsp3) is 0.709. The van der Waals surface area contributed by atoms with Crippen LogP contribution in [0.5, 0.6) is 0 Å². The van der Waals surface area contributed by atoms with Crippen LogP contribution < -0.4 is 0 Å². The summed E-state index contributed by atoms with van der Waals surface area (Å²) in [5.41, 5.74) is 7.44. The first-order valence-electron chi connectivity index (χ1n) is 25.2. The molecule has 0 amide bonds. The SMILES string of the molecule is CCCCCCCCCCCCCCCCCCCC/C=C/C(=N\c1ccc(CCCCCCCCCCCCC)cc1)C(/C)=N/c1cccc(C(C)[Si](C)(C)C)c1.[Ni]. The summed E-state index contributed by atoms with van der Waals surface area (Å²) >= 11 is 0. The van der Waals surface area contributed by atoms with Crippen molar-refractivity contribution >= 4 is 30.9 Å². The molecule has 0 saturated heterocycles. The van der Waals surface area contributed by atoms with Gasteiger partial charge in [-0.05, 0) is 79.6 Å². The maximum Gasteiger partial charge on any atom is 0.0845 e. The summed E-state index contributed by atoms with van der Waals surface area (Å²) in [4.78, 5) is 10.3. The molecule has 0 heterocycles. The maximum absolute atomic E-state index is 5.18. The van der Waals surface area contributed by atoms with Gasteiger partial charge in [0.05, 0.1) is 30.9 Å². The Morgan fingerprint density at radius 3 is 1.39 bits per heavy atom. The maximum atomic E-state index is 5.18. The monoisotopic (exact) mass is 869 g/mol. The number of hydrogen-bond donors (Lipinski definition) is 0. The minimum absolute atomic E-state index is 0. The van der Waals surface area contributed by atoms with Crippen molar-refractivity contribution in [3.63, 3.8) is 0 Å². The van der Waals surface area contributed by atoms with E-state index in [1.807, 2.05) is 0 Å². The van der Waals surface area contributed by atoms with Gasteiger partial charge in [0.25, 0.3) is 0 Å². The largest absolute Gasteiger partial charge is 0.252 e. The molecule has 0 aliphatic rings. The summed E-state index contributed by atoms with van der Waals surface area (Å²) in [5.74, 6) is 0. The quantitative estimate of drug-likeness (QED) is 0.0367. The summed E-state index contributed by atoms with van der Waals surface area (Å²) in [6, 6.07) is 17.9. The number of nitrogens with zero attached hydrogens (tertiary/aromatic N) is 2. The molecule has 2 nitrogen and oxygen atoms in total. The van der Waals surface area contributed by atoms with Crippen LogP contribution in [0.25, 0.3) is 0 Å².